The summed E-state index contributed by atoms with van der Waals surface area (Å²) in [6.07, 6.45) is 13.9. The third-order valence-corrected chi connectivity index (χ3v) is 7.03. The molecule has 0 bridgehead atoms. The molecule has 3 rings (SSSR count). The highest BCUT2D eigenvalue weighted by molar-refractivity contribution is 6.99. The molecule has 1 fully saturated rings. The first-order valence-electron chi connectivity index (χ1n) is 11.7. The molecule has 30 heavy (non-hydrogen) atoms. The van der Waals surface area contributed by atoms with Crippen LogP contribution in [0.2, 0.25) is 0 Å². The van der Waals surface area contributed by atoms with Crippen LogP contribution in [0, 0.1) is 5.92 Å². The standard InChI is InChI=1S/C23H38N3O3S/c1-4-5-6-10-16-28-22-21(24-30-25-22)20-14-11-15-26(3,17-20)23(29-18(2)27)19-12-8-7-9-13-19/h14,19,23H,4-13,15-17H2,1-3H3/q+1. The number of hydrogen-bond acceptors (Lipinski definition) is 6. The van der Waals surface area contributed by atoms with Gasteiger partial charge in [-0.2, -0.15) is 4.37 Å². The molecule has 0 radical (unpaired) electrons. The summed E-state index contributed by atoms with van der Waals surface area (Å²) in [4.78, 5) is 12.0. The lowest BCUT2D eigenvalue weighted by molar-refractivity contribution is -0.951. The van der Waals surface area contributed by atoms with Crippen molar-refractivity contribution in [3.63, 3.8) is 0 Å². The number of quaternary nitrogens is 1. The van der Waals surface area contributed by atoms with Crippen LogP contribution in [0.1, 0.15) is 83.7 Å². The Labute approximate surface area is 185 Å². The largest absolute Gasteiger partial charge is 0.475 e. The van der Waals surface area contributed by atoms with E-state index in [1.54, 1.807) is 0 Å². The summed E-state index contributed by atoms with van der Waals surface area (Å²) in [7, 11) is 2.24. The number of likely N-dealkylation sites (N-methyl/N-ethyl adjacent to an activating group) is 1. The van der Waals surface area contributed by atoms with E-state index in [4.69, 9.17) is 9.47 Å². The summed E-state index contributed by atoms with van der Waals surface area (Å²) in [6.45, 7) is 6.22. The molecule has 1 aliphatic carbocycles. The van der Waals surface area contributed by atoms with E-state index in [2.05, 4.69) is 28.8 Å². The Morgan fingerprint density at radius 3 is 2.77 bits per heavy atom. The number of rotatable bonds is 10. The molecule has 0 amide bonds. The molecule has 1 aromatic heterocycles. The lowest BCUT2D eigenvalue weighted by atomic mass is 9.86. The van der Waals surface area contributed by atoms with Crippen molar-refractivity contribution in [1.29, 1.82) is 0 Å². The Morgan fingerprint density at radius 2 is 2.03 bits per heavy atom. The summed E-state index contributed by atoms with van der Waals surface area (Å²) >= 11 is 1.22. The van der Waals surface area contributed by atoms with Gasteiger partial charge < -0.3 is 9.47 Å². The molecule has 6 nitrogen and oxygen atoms in total. The molecule has 1 aliphatic heterocycles. The highest BCUT2D eigenvalue weighted by Crippen LogP contribution is 2.37. The second-order valence-electron chi connectivity index (χ2n) is 9.10. The molecular weight excluding hydrogens is 398 g/mol. The van der Waals surface area contributed by atoms with Crippen molar-refractivity contribution >= 4 is 23.3 Å². The zero-order chi connectivity index (χ0) is 21.4. The molecule has 2 unspecified atom stereocenters. The van der Waals surface area contributed by atoms with Gasteiger partial charge in [0.1, 0.15) is 12.2 Å². The number of hydrogen-bond donors (Lipinski definition) is 0. The van der Waals surface area contributed by atoms with E-state index in [1.165, 1.54) is 62.7 Å². The van der Waals surface area contributed by atoms with Crippen LogP contribution in [0.5, 0.6) is 5.88 Å². The molecule has 2 atom stereocenters. The van der Waals surface area contributed by atoms with Gasteiger partial charge in [-0.15, -0.1) is 4.37 Å². The van der Waals surface area contributed by atoms with Gasteiger partial charge in [-0.3, -0.25) is 9.28 Å². The average Bonchev–Trinajstić information content (AvgIpc) is 3.21. The quantitative estimate of drug-likeness (QED) is 0.287. The summed E-state index contributed by atoms with van der Waals surface area (Å²) in [5, 5.41) is 0. The van der Waals surface area contributed by atoms with Gasteiger partial charge in [-0.25, -0.2) is 0 Å². The van der Waals surface area contributed by atoms with Crippen LogP contribution in [0.3, 0.4) is 0 Å². The van der Waals surface area contributed by atoms with Gasteiger partial charge >= 0.3 is 5.97 Å². The maximum atomic E-state index is 12.0. The van der Waals surface area contributed by atoms with Crippen LogP contribution in [-0.4, -0.2) is 52.2 Å². The second-order valence-corrected chi connectivity index (χ2v) is 9.63. The summed E-state index contributed by atoms with van der Waals surface area (Å²) in [5.74, 6) is 0.931. The van der Waals surface area contributed by atoms with E-state index in [1.807, 2.05) is 0 Å². The normalized spacial score (nSPS) is 23.6. The average molecular weight is 437 g/mol. The van der Waals surface area contributed by atoms with Gasteiger partial charge in [-0.1, -0.05) is 51.5 Å². The predicted octanol–water partition coefficient (Wildman–Crippen LogP) is 5.20. The van der Waals surface area contributed by atoms with Crippen LogP contribution in [0.15, 0.2) is 6.08 Å². The van der Waals surface area contributed by atoms with Crippen molar-refractivity contribution < 1.29 is 18.8 Å². The number of carbonyl (C=O) groups excluding carboxylic acids is 1. The van der Waals surface area contributed by atoms with Gasteiger partial charge in [-0.05, 0) is 19.3 Å². The Morgan fingerprint density at radius 1 is 1.23 bits per heavy atom. The van der Waals surface area contributed by atoms with Crippen LogP contribution >= 0.6 is 11.7 Å². The first-order chi connectivity index (χ1) is 14.5. The number of ether oxygens (including phenoxy) is 2. The highest BCUT2D eigenvalue weighted by atomic mass is 32.1. The number of aromatic nitrogens is 2. The van der Waals surface area contributed by atoms with Gasteiger partial charge in [0.15, 0.2) is 0 Å². The predicted molar refractivity (Wildman–Crippen MR) is 120 cm³/mol. The number of esters is 1. The minimum atomic E-state index is -0.174. The van der Waals surface area contributed by atoms with E-state index in [0.717, 1.165) is 48.9 Å². The maximum absolute atomic E-state index is 12.0. The molecule has 2 heterocycles. The number of unbranched alkanes of at least 4 members (excludes halogenated alkanes) is 3. The first-order valence-corrected chi connectivity index (χ1v) is 12.4. The van der Waals surface area contributed by atoms with Gasteiger partial charge in [0.05, 0.1) is 31.9 Å². The topological polar surface area (TPSA) is 61.3 Å². The zero-order valence-electron chi connectivity index (χ0n) is 18.9. The fourth-order valence-electron chi connectivity index (χ4n) is 4.95. The van der Waals surface area contributed by atoms with Crippen molar-refractivity contribution in [3.8, 4) is 5.88 Å². The highest BCUT2D eigenvalue weighted by Gasteiger charge is 2.43. The van der Waals surface area contributed by atoms with Crippen LogP contribution in [0.4, 0.5) is 0 Å². The van der Waals surface area contributed by atoms with Crippen molar-refractivity contribution in [1.82, 2.24) is 8.75 Å². The van der Waals surface area contributed by atoms with Crippen LogP contribution in [-0.2, 0) is 9.53 Å². The van der Waals surface area contributed by atoms with E-state index in [0.29, 0.717) is 18.4 Å². The third-order valence-electron chi connectivity index (χ3n) is 6.52. The first kappa shape index (κ1) is 23.2. The summed E-state index contributed by atoms with van der Waals surface area (Å²) in [5.41, 5.74) is 2.05. The third kappa shape index (κ3) is 6.03. The van der Waals surface area contributed by atoms with Crippen molar-refractivity contribution in [2.24, 2.45) is 5.92 Å². The van der Waals surface area contributed by atoms with Crippen LogP contribution < -0.4 is 4.74 Å². The minimum Gasteiger partial charge on any atom is -0.475 e. The maximum Gasteiger partial charge on any atom is 0.307 e. The number of nitrogens with zero attached hydrogens (tertiary/aromatic N) is 3. The van der Waals surface area contributed by atoms with E-state index < -0.39 is 0 Å². The molecule has 0 N–H and O–H groups in total. The van der Waals surface area contributed by atoms with Gasteiger partial charge in [0.2, 0.25) is 6.23 Å². The monoisotopic (exact) mass is 436 g/mol. The molecule has 1 saturated carbocycles. The summed E-state index contributed by atoms with van der Waals surface area (Å²) < 4.78 is 21.7. The van der Waals surface area contributed by atoms with E-state index >= 15 is 0 Å². The molecule has 0 saturated heterocycles. The molecule has 1 aromatic rings. The Balaban J connectivity index is 1.71. The molecular formula is C23H38N3O3S+. The van der Waals surface area contributed by atoms with Crippen molar-refractivity contribution in [2.75, 3.05) is 26.7 Å². The van der Waals surface area contributed by atoms with Gasteiger partial charge in [0, 0.05) is 24.8 Å². The molecule has 2 aliphatic rings. The molecule has 7 heteroatoms. The van der Waals surface area contributed by atoms with E-state index in [9.17, 15) is 4.79 Å². The molecule has 0 aromatic carbocycles. The van der Waals surface area contributed by atoms with Crippen molar-refractivity contribution in [3.05, 3.63) is 11.8 Å². The molecule has 168 valence electrons. The fraction of sp³-hybridized carbons (Fsp3) is 0.783. The second kappa shape index (κ2) is 11.2. The van der Waals surface area contributed by atoms with Crippen LogP contribution in [0.25, 0.3) is 5.57 Å². The lowest BCUT2D eigenvalue weighted by Crippen LogP contribution is -2.59. The molecule has 0 spiro atoms. The Bertz CT molecular complexity index is 714. The Hall–Kier alpha value is -1.47. The zero-order valence-corrected chi connectivity index (χ0v) is 19.7. The Kier molecular flexibility index (Phi) is 8.69. The van der Waals surface area contributed by atoms with E-state index in [-0.39, 0.29) is 12.2 Å². The SMILES string of the molecule is CCCCCCOc1nsnc1C1=CCC[N+](C)(C(OC(C)=O)C2CCCCC2)C1. The van der Waals surface area contributed by atoms with Crippen molar-refractivity contribution in [2.45, 2.75) is 84.3 Å². The van der Waals surface area contributed by atoms with Gasteiger partial charge in [0.25, 0.3) is 5.88 Å². The number of carbonyl (C=O) groups is 1. The smallest absolute Gasteiger partial charge is 0.307 e. The minimum absolute atomic E-state index is 0.0866. The fourth-order valence-corrected chi connectivity index (χ4v) is 5.48. The lowest BCUT2D eigenvalue weighted by Gasteiger charge is -2.46. The summed E-state index contributed by atoms with van der Waals surface area (Å²) in [6, 6.07) is 0.